The molecule has 2 bridgehead atoms. The summed E-state index contributed by atoms with van der Waals surface area (Å²) in [6, 6.07) is 4.59. The standard InChI is InChI=1S/C19H18ClFN6O2/c1-26-16(22-9-23-26)7-17(28)27-8-11-4-12(27)6-13(11)19-24-18(25-29-19)10-2-3-14(20)15(21)5-10/h2-3,5,9,11-13H,4,6-8H2,1H3/t11-,12-,13?/m1/s1. The second kappa shape index (κ2) is 6.91. The Morgan fingerprint density at radius 3 is 2.93 bits per heavy atom. The van der Waals surface area contributed by atoms with E-state index in [0.717, 1.165) is 12.8 Å². The number of fused-ring (bicyclic) bond motifs is 2. The number of nitrogens with zero attached hydrogens (tertiary/aromatic N) is 6. The van der Waals surface area contributed by atoms with E-state index in [-0.39, 0.29) is 35.2 Å². The van der Waals surface area contributed by atoms with E-state index >= 15 is 0 Å². The van der Waals surface area contributed by atoms with Gasteiger partial charge in [-0.05, 0) is 37.0 Å². The van der Waals surface area contributed by atoms with Crippen LogP contribution >= 0.6 is 11.6 Å². The van der Waals surface area contributed by atoms with Gasteiger partial charge in [-0.3, -0.25) is 9.48 Å². The van der Waals surface area contributed by atoms with E-state index in [1.54, 1.807) is 17.8 Å². The molecule has 1 unspecified atom stereocenters. The van der Waals surface area contributed by atoms with Crippen LogP contribution in [0.15, 0.2) is 29.0 Å². The van der Waals surface area contributed by atoms with Gasteiger partial charge in [0.25, 0.3) is 0 Å². The molecule has 3 heterocycles. The molecule has 0 radical (unpaired) electrons. The SMILES string of the molecule is Cn1ncnc1CC(=O)N1C[C@H]2C[C@@H]1CC2c1nc(-c2ccc(Cl)c(F)c2)no1. The zero-order valence-electron chi connectivity index (χ0n) is 15.6. The number of benzene rings is 1. The van der Waals surface area contributed by atoms with Crippen LogP contribution in [0.5, 0.6) is 0 Å². The van der Waals surface area contributed by atoms with Crippen LogP contribution in [0.25, 0.3) is 11.4 Å². The number of likely N-dealkylation sites (tertiary alicyclic amines) is 1. The van der Waals surface area contributed by atoms with Crippen molar-refractivity contribution < 1.29 is 13.7 Å². The number of carbonyl (C=O) groups is 1. The summed E-state index contributed by atoms with van der Waals surface area (Å²) in [7, 11) is 1.78. The van der Waals surface area contributed by atoms with Crippen molar-refractivity contribution >= 4 is 17.5 Å². The van der Waals surface area contributed by atoms with Gasteiger partial charge in [0, 0.05) is 31.1 Å². The fourth-order valence-electron chi connectivity index (χ4n) is 4.42. The van der Waals surface area contributed by atoms with Crippen molar-refractivity contribution in [3.63, 3.8) is 0 Å². The highest BCUT2D eigenvalue weighted by atomic mass is 35.5. The van der Waals surface area contributed by atoms with E-state index in [4.69, 9.17) is 16.1 Å². The van der Waals surface area contributed by atoms with Crippen molar-refractivity contribution in [2.75, 3.05) is 6.54 Å². The molecule has 0 spiro atoms. The summed E-state index contributed by atoms with van der Waals surface area (Å²) in [5, 5.41) is 8.07. The Hall–Kier alpha value is -2.81. The van der Waals surface area contributed by atoms with Crippen LogP contribution in [0.2, 0.25) is 5.02 Å². The molecule has 0 N–H and O–H groups in total. The largest absolute Gasteiger partial charge is 0.339 e. The second-order valence-corrected chi connectivity index (χ2v) is 8.01. The van der Waals surface area contributed by atoms with Crippen molar-refractivity contribution in [2.45, 2.75) is 31.2 Å². The summed E-state index contributed by atoms with van der Waals surface area (Å²) >= 11 is 5.73. The molecule has 2 aliphatic rings. The van der Waals surface area contributed by atoms with E-state index in [0.29, 0.717) is 29.6 Å². The lowest BCUT2D eigenvalue weighted by Gasteiger charge is -2.30. The third-order valence-electron chi connectivity index (χ3n) is 5.91. The summed E-state index contributed by atoms with van der Waals surface area (Å²) in [4.78, 5) is 23.2. The number of piperidine rings is 1. The molecule has 1 aromatic carbocycles. The van der Waals surface area contributed by atoms with Gasteiger partial charge in [0.05, 0.1) is 11.4 Å². The van der Waals surface area contributed by atoms with Crippen molar-refractivity contribution in [1.82, 2.24) is 29.8 Å². The first-order chi connectivity index (χ1) is 14.0. The van der Waals surface area contributed by atoms with Gasteiger partial charge in [-0.2, -0.15) is 10.1 Å². The molecule has 29 heavy (non-hydrogen) atoms. The maximum absolute atomic E-state index is 13.7. The summed E-state index contributed by atoms with van der Waals surface area (Å²) in [5.74, 6) is 1.47. The third-order valence-corrected chi connectivity index (χ3v) is 6.22. The lowest BCUT2D eigenvalue weighted by molar-refractivity contribution is -0.132. The topological polar surface area (TPSA) is 89.9 Å². The molecule has 8 nitrogen and oxygen atoms in total. The Labute approximate surface area is 170 Å². The van der Waals surface area contributed by atoms with E-state index in [2.05, 4.69) is 20.2 Å². The number of aromatic nitrogens is 5. The van der Waals surface area contributed by atoms with Gasteiger partial charge >= 0.3 is 0 Å². The lowest BCUT2D eigenvalue weighted by Crippen LogP contribution is -2.40. The maximum atomic E-state index is 13.7. The quantitative estimate of drug-likeness (QED) is 0.649. The van der Waals surface area contributed by atoms with E-state index < -0.39 is 5.82 Å². The van der Waals surface area contributed by atoms with Crippen molar-refractivity contribution in [1.29, 1.82) is 0 Å². The molecular formula is C19H18ClFN6O2. The fourth-order valence-corrected chi connectivity index (χ4v) is 4.53. The molecule has 1 amide bonds. The lowest BCUT2D eigenvalue weighted by atomic mass is 9.94. The van der Waals surface area contributed by atoms with Crippen LogP contribution in [-0.2, 0) is 18.3 Å². The van der Waals surface area contributed by atoms with Gasteiger partial charge in [0.1, 0.15) is 18.0 Å². The first-order valence-electron chi connectivity index (χ1n) is 9.41. The minimum atomic E-state index is -0.521. The number of amides is 1. The zero-order valence-corrected chi connectivity index (χ0v) is 16.4. The first kappa shape index (κ1) is 18.2. The Morgan fingerprint density at radius 2 is 2.24 bits per heavy atom. The number of rotatable bonds is 4. The third kappa shape index (κ3) is 3.19. The van der Waals surface area contributed by atoms with Crippen molar-refractivity contribution in [2.24, 2.45) is 13.0 Å². The number of aryl methyl sites for hydroxylation is 1. The van der Waals surface area contributed by atoms with Crippen LogP contribution in [0.4, 0.5) is 4.39 Å². The average molecular weight is 417 g/mol. The molecule has 2 fully saturated rings. The average Bonchev–Trinajstić information content (AvgIpc) is 3.48. The van der Waals surface area contributed by atoms with Crippen LogP contribution in [-0.4, -0.2) is 48.3 Å². The van der Waals surface area contributed by atoms with Crippen molar-refractivity contribution in [3.05, 3.63) is 47.1 Å². The van der Waals surface area contributed by atoms with Gasteiger partial charge in [0.15, 0.2) is 0 Å². The summed E-state index contributed by atoms with van der Waals surface area (Å²) in [6.07, 6.45) is 3.40. The molecule has 3 aromatic rings. The Balaban J connectivity index is 1.28. The summed E-state index contributed by atoms with van der Waals surface area (Å²) < 4.78 is 20.8. The highest BCUT2D eigenvalue weighted by Gasteiger charge is 2.49. The van der Waals surface area contributed by atoms with Gasteiger partial charge in [-0.1, -0.05) is 16.8 Å². The molecule has 1 saturated heterocycles. The van der Waals surface area contributed by atoms with Crippen LogP contribution in [0.1, 0.15) is 30.5 Å². The molecule has 1 aliphatic carbocycles. The number of hydrogen-bond acceptors (Lipinski definition) is 6. The summed E-state index contributed by atoms with van der Waals surface area (Å²) in [6.45, 7) is 0.666. The second-order valence-electron chi connectivity index (χ2n) is 7.60. The monoisotopic (exact) mass is 416 g/mol. The fraction of sp³-hybridized carbons (Fsp3) is 0.421. The van der Waals surface area contributed by atoms with Crippen LogP contribution < -0.4 is 0 Å². The predicted molar refractivity (Wildman–Crippen MR) is 100 cm³/mol. The zero-order chi connectivity index (χ0) is 20.1. The molecule has 1 saturated carbocycles. The minimum Gasteiger partial charge on any atom is -0.339 e. The molecule has 1 aliphatic heterocycles. The van der Waals surface area contributed by atoms with E-state index in [9.17, 15) is 9.18 Å². The molecule has 2 aromatic heterocycles. The number of hydrogen-bond donors (Lipinski definition) is 0. The van der Waals surface area contributed by atoms with Crippen LogP contribution in [0.3, 0.4) is 0 Å². The van der Waals surface area contributed by atoms with E-state index in [1.807, 2.05) is 4.90 Å². The van der Waals surface area contributed by atoms with E-state index in [1.165, 1.54) is 18.5 Å². The van der Waals surface area contributed by atoms with Gasteiger partial charge in [0.2, 0.25) is 17.6 Å². The molecular weight excluding hydrogens is 399 g/mol. The molecule has 10 heteroatoms. The Bertz CT molecular complexity index is 1080. The first-order valence-corrected chi connectivity index (χ1v) is 9.78. The smallest absolute Gasteiger partial charge is 0.230 e. The predicted octanol–water partition coefficient (Wildman–Crippen LogP) is 2.60. The number of carbonyl (C=O) groups excluding carboxylic acids is 1. The van der Waals surface area contributed by atoms with Gasteiger partial charge < -0.3 is 9.42 Å². The minimum absolute atomic E-state index is 0.0525. The highest BCUT2D eigenvalue weighted by Crippen LogP contribution is 2.47. The van der Waals surface area contributed by atoms with Crippen LogP contribution in [0, 0.1) is 11.7 Å². The molecule has 5 rings (SSSR count). The Morgan fingerprint density at radius 1 is 1.38 bits per heavy atom. The number of halogens is 2. The van der Waals surface area contributed by atoms with Crippen molar-refractivity contribution in [3.8, 4) is 11.4 Å². The normalized spacial score (nSPS) is 23.1. The summed E-state index contributed by atoms with van der Waals surface area (Å²) in [5.41, 5.74) is 0.519. The molecule has 3 atom stereocenters. The molecule has 150 valence electrons. The van der Waals surface area contributed by atoms with Gasteiger partial charge in [-0.25, -0.2) is 9.37 Å². The van der Waals surface area contributed by atoms with Gasteiger partial charge in [-0.15, -0.1) is 0 Å². The maximum Gasteiger partial charge on any atom is 0.230 e. The Kier molecular flexibility index (Phi) is 4.34. The highest BCUT2D eigenvalue weighted by molar-refractivity contribution is 6.30.